The first-order valence-corrected chi connectivity index (χ1v) is 16.1. The summed E-state index contributed by atoms with van der Waals surface area (Å²) in [7, 11) is -0.258. The molecule has 0 aliphatic carbocycles. The molecule has 0 saturated carbocycles. The highest BCUT2D eigenvalue weighted by Crippen LogP contribution is 2.44. The SMILES string of the molecule is COC(=O)C1=C(C)N(c2cccc(C(F)(F)F)c2)c2n[nH]c(=O)n2[C@@H]1c1ccc(C#N)cc1C[N+]1(C)CCN(S(C)(=O)=O)CC1.O=C[O-]. The highest BCUT2D eigenvalue weighted by atomic mass is 32.2. The van der Waals surface area contributed by atoms with Crippen LogP contribution < -0.4 is 15.7 Å². The van der Waals surface area contributed by atoms with Crippen LogP contribution in [0.2, 0.25) is 0 Å². The summed E-state index contributed by atoms with van der Waals surface area (Å²) in [5.41, 5.74) is -0.0284. The predicted octanol–water partition coefficient (Wildman–Crippen LogP) is 1.24. The first-order valence-electron chi connectivity index (χ1n) is 14.3. The van der Waals surface area contributed by atoms with Gasteiger partial charge in [-0.25, -0.2) is 27.7 Å². The number of alkyl halides is 3. The number of allylic oxidation sites excluding steroid dienone is 1. The molecule has 18 heteroatoms. The van der Waals surface area contributed by atoms with E-state index >= 15 is 0 Å². The third-order valence-corrected chi connectivity index (χ3v) is 9.65. The Morgan fingerprint density at radius 1 is 1.23 bits per heavy atom. The minimum atomic E-state index is -4.65. The number of H-pyrrole nitrogens is 1. The molecule has 1 N–H and O–H groups in total. The molecular formula is C30H32F3N7O7S. The van der Waals surface area contributed by atoms with Crippen molar-refractivity contribution in [2.75, 3.05) is 51.5 Å². The number of anilines is 2. The number of halogens is 3. The molecule has 5 rings (SSSR count). The number of carboxylic acid groups (broad SMARTS) is 1. The Labute approximate surface area is 273 Å². The number of piperazine rings is 1. The number of rotatable bonds is 6. The molecule has 1 aromatic heterocycles. The second kappa shape index (κ2) is 13.6. The van der Waals surface area contributed by atoms with Crippen molar-refractivity contribution in [3.05, 3.63) is 86.5 Å². The zero-order chi connectivity index (χ0) is 35.6. The lowest BCUT2D eigenvalue weighted by Gasteiger charge is -2.42. The molecule has 2 aliphatic rings. The number of fused-ring (bicyclic) bond motifs is 1. The van der Waals surface area contributed by atoms with E-state index in [1.165, 1.54) is 32.8 Å². The van der Waals surface area contributed by atoms with Crippen LogP contribution in [0, 0.1) is 11.3 Å². The van der Waals surface area contributed by atoms with Gasteiger partial charge < -0.3 is 19.1 Å². The third kappa shape index (κ3) is 7.12. The van der Waals surface area contributed by atoms with Crippen LogP contribution in [0.15, 0.2) is 58.5 Å². The van der Waals surface area contributed by atoms with E-state index in [4.69, 9.17) is 14.6 Å². The van der Waals surface area contributed by atoms with Crippen LogP contribution in [0.1, 0.15) is 35.2 Å². The summed E-state index contributed by atoms with van der Waals surface area (Å²) in [6.07, 6.45) is -3.49. The van der Waals surface area contributed by atoms with Crippen molar-refractivity contribution in [3.63, 3.8) is 0 Å². The van der Waals surface area contributed by atoms with E-state index in [1.54, 1.807) is 18.2 Å². The lowest BCUT2D eigenvalue weighted by Crippen LogP contribution is -2.57. The van der Waals surface area contributed by atoms with Crippen molar-refractivity contribution in [1.82, 2.24) is 19.1 Å². The lowest BCUT2D eigenvalue weighted by molar-refractivity contribution is -0.925. The van der Waals surface area contributed by atoms with E-state index in [0.717, 1.165) is 25.5 Å². The highest BCUT2D eigenvalue weighted by molar-refractivity contribution is 7.88. The number of carbonyl (C=O) groups is 2. The van der Waals surface area contributed by atoms with E-state index in [1.807, 2.05) is 7.05 Å². The van der Waals surface area contributed by atoms with Gasteiger partial charge in [-0.05, 0) is 42.8 Å². The molecule has 0 bridgehead atoms. The molecule has 0 radical (unpaired) electrons. The number of ether oxygens (including phenoxy) is 1. The molecule has 256 valence electrons. The van der Waals surface area contributed by atoms with Crippen molar-refractivity contribution in [1.29, 1.82) is 5.26 Å². The van der Waals surface area contributed by atoms with E-state index in [9.17, 15) is 36.4 Å². The molecule has 0 amide bonds. The van der Waals surface area contributed by atoms with Crippen molar-refractivity contribution in [3.8, 4) is 6.07 Å². The van der Waals surface area contributed by atoms with Crippen LogP contribution in [0.5, 0.6) is 0 Å². The Kier molecular flexibility index (Phi) is 10.2. The zero-order valence-electron chi connectivity index (χ0n) is 26.3. The average Bonchev–Trinajstić information content (AvgIpc) is 3.40. The third-order valence-electron chi connectivity index (χ3n) is 8.35. The summed E-state index contributed by atoms with van der Waals surface area (Å²) in [6, 6.07) is 10.3. The maximum atomic E-state index is 13.6. The van der Waals surface area contributed by atoms with Crippen LogP contribution >= 0.6 is 0 Å². The van der Waals surface area contributed by atoms with Crippen molar-refractivity contribution in [2.24, 2.45) is 0 Å². The summed E-state index contributed by atoms with van der Waals surface area (Å²) >= 11 is 0. The van der Waals surface area contributed by atoms with Gasteiger partial charge in [0.2, 0.25) is 16.0 Å². The summed E-state index contributed by atoms with van der Waals surface area (Å²) in [5, 5.41) is 24.5. The fourth-order valence-electron chi connectivity index (χ4n) is 5.99. The van der Waals surface area contributed by atoms with Crippen LogP contribution in [0.3, 0.4) is 0 Å². The summed E-state index contributed by atoms with van der Waals surface area (Å²) < 4.78 is 73.3. The van der Waals surface area contributed by atoms with Crippen LogP contribution in [0.4, 0.5) is 24.8 Å². The molecule has 3 heterocycles. The Balaban J connectivity index is 0.00000167. The maximum absolute atomic E-state index is 13.6. The fourth-order valence-corrected chi connectivity index (χ4v) is 6.81. The number of carbonyl (C=O) groups excluding carboxylic acids is 2. The molecule has 1 saturated heterocycles. The first kappa shape index (κ1) is 35.9. The predicted molar refractivity (Wildman–Crippen MR) is 163 cm³/mol. The van der Waals surface area contributed by atoms with E-state index in [0.29, 0.717) is 40.8 Å². The summed E-state index contributed by atoms with van der Waals surface area (Å²) in [6.45, 7) is 2.86. The molecule has 2 aliphatic heterocycles. The Morgan fingerprint density at radius 3 is 2.44 bits per heavy atom. The number of aromatic nitrogens is 3. The van der Waals surface area contributed by atoms with Gasteiger partial charge in [0.25, 0.3) is 0 Å². The molecule has 1 atom stereocenters. The summed E-state index contributed by atoms with van der Waals surface area (Å²) in [5.74, 6) is -0.863. The van der Waals surface area contributed by atoms with Gasteiger partial charge in [0.15, 0.2) is 0 Å². The number of hydrogen-bond donors (Lipinski definition) is 1. The Bertz CT molecular complexity index is 1960. The number of sulfonamides is 1. The first-order chi connectivity index (χ1) is 22.5. The minimum absolute atomic E-state index is 0.0126. The number of hydrogen-bond acceptors (Lipinski definition) is 10. The quantitative estimate of drug-likeness (QED) is 0.224. The molecule has 14 nitrogen and oxygen atoms in total. The number of nitrogens with one attached hydrogen (secondary N) is 1. The normalized spacial score (nSPS) is 17.9. The molecular weight excluding hydrogens is 659 g/mol. The number of quaternary nitrogens is 1. The number of aromatic amines is 1. The van der Waals surface area contributed by atoms with Gasteiger partial charge in [-0.15, -0.1) is 5.10 Å². The van der Waals surface area contributed by atoms with Crippen LogP contribution in [-0.4, -0.2) is 91.0 Å². The van der Waals surface area contributed by atoms with Gasteiger partial charge in [-0.1, -0.05) is 12.1 Å². The van der Waals surface area contributed by atoms with Gasteiger partial charge in [-0.3, -0.25) is 4.90 Å². The molecule has 2 aromatic carbocycles. The van der Waals surface area contributed by atoms with Crippen LogP contribution in [0.25, 0.3) is 0 Å². The number of nitrogens with zero attached hydrogens (tertiary/aromatic N) is 6. The minimum Gasteiger partial charge on any atom is -0.554 e. The maximum Gasteiger partial charge on any atom is 0.416 e. The largest absolute Gasteiger partial charge is 0.554 e. The Hall–Kier alpha value is -4.99. The van der Waals surface area contributed by atoms with Gasteiger partial charge in [0.05, 0.1) is 69.4 Å². The monoisotopic (exact) mass is 691 g/mol. The van der Waals surface area contributed by atoms with Crippen molar-refractivity contribution < 1.29 is 45.5 Å². The molecule has 1 fully saturated rings. The fraction of sp³-hybridized carbons (Fsp3) is 0.367. The number of nitriles is 1. The van der Waals surface area contributed by atoms with Crippen molar-refractivity contribution in [2.45, 2.75) is 25.7 Å². The second-order valence-electron chi connectivity index (χ2n) is 11.5. The van der Waals surface area contributed by atoms with Gasteiger partial charge in [0, 0.05) is 23.4 Å². The number of benzene rings is 2. The average molecular weight is 692 g/mol. The molecule has 0 unspecified atom stereocenters. The van der Waals surface area contributed by atoms with Crippen molar-refractivity contribution >= 4 is 34.1 Å². The van der Waals surface area contributed by atoms with Crippen LogP contribution in [-0.2, 0) is 37.1 Å². The smallest absolute Gasteiger partial charge is 0.416 e. The summed E-state index contributed by atoms with van der Waals surface area (Å²) in [4.78, 5) is 36.4. The van der Waals surface area contributed by atoms with E-state index in [2.05, 4.69) is 16.3 Å². The molecule has 48 heavy (non-hydrogen) atoms. The molecule has 3 aromatic rings. The van der Waals surface area contributed by atoms with Gasteiger partial charge >= 0.3 is 17.8 Å². The van der Waals surface area contributed by atoms with Gasteiger partial charge in [0.1, 0.15) is 12.6 Å². The molecule has 0 spiro atoms. The topological polar surface area (TPSA) is 182 Å². The standard InChI is InChI=1S/C29H30F3N7O5S.CH2O2/c1-18-24(26(40)44-3)25(38-27(34-35-28(38)41)37(18)22-7-5-6-21(15-22)29(30,31)32)23-9-8-19(16-33)14-20(23)17-39(2)12-10-36(11-13-39)45(4,42)43;2-1-3/h5-9,14-15,25H,10-13,17H2,1-4H3;1H,(H,2,3)/t25-;/m1./s1. The lowest BCUT2D eigenvalue weighted by atomic mass is 9.89. The zero-order valence-corrected chi connectivity index (χ0v) is 27.1. The van der Waals surface area contributed by atoms with Gasteiger partial charge in [-0.2, -0.15) is 22.7 Å². The van der Waals surface area contributed by atoms with E-state index in [-0.39, 0.29) is 36.0 Å². The van der Waals surface area contributed by atoms with E-state index < -0.39 is 45.9 Å². The second-order valence-corrected chi connectivity index (χ2v) is 13.5. The number of likely N-dealkylation sites (N-methyl/N-ethyl adjacent to an activating group) is 1. The number of methoxy groups -OCH3 is 1. The number of esters is 1. The Morgan fingerprint density at radius 2 is 1.88 bits per heavy atom. The highest BCUT2D eigenvalue weighted by Gasteiger charge is 2.42.